The maximum atomic E-state index is 13.0. The van der Waals surface area contributed by atoms with Crippen molar-refractivity contribution in [3.8, 4) is 0 Å². The monoisotopic (exact) mass is 296 g/mol. The Labute approximate surface area is 107 Å². The molecule has 2 nitrogen and oxygen atoms in total. The summed E-state index contributed by atoms with van der Waals surface area (Å²) in [6, 6.07) is 0. The number of aliphatic hydroxyl groups is 1. The number of aliphatic hydroxyl groups excluding tert-OH is 1. The van der Waals surface area contributed by atoms with Crippen molar-refractivity contribution in [1.29, 1.82) is 0 Å². The average molecular weight is 296 g/mol. The molecule has 0 heterocycles. The van der Waals surface area contributed by atoms with Crippen LogP contribution in [0.3, 0.4) is 0 Å². The van der Waals surface area contributed by atoms with Gasteiger partial charge >= 0.3 is 18.0 Å². The minimum atomic E-state index is -5.68. The molecule has 8 heteroatoms. The summed E-state index contributed by atoms with van der Waals surface area (Å²) in [6.07, 6.45) is -7.87. The first-order valence-electron chi connectivity index (χ1n) is 6.01. The highest BCUT2D eigenvalue weighted by atomic mass is 19.3. The van der Waals surface area contributed by atoms with Crippen LogP contribution in [-0.4, -0.2) is 29.4 Å². The van der Waals surface area contributed by atoms with E-state index in [2.05, 4.69) is 4.74 Å². The molecular formula is C11H18F6O2. The van der Waals surface area contributed by atoms with Gasteiger partial charge in [-0.15, -0.1) is 0 Å². The van der Waals surface area contributed by atoms with Gasteiger partial charge in [-0.05, 0) is 12.8 Å². The highest BCUT2D eigenvalue weighted by molar-refractivity contribution is 4.91. The van der Waals surface area contributed by atoms with Crippen molar-refractivity contribution in [2.45, 2.75) is 70.2 Å². The Kier molecular flexibility index (Phi) is 6.61. The fourth-order valence-electron chi connectivity index (χ4n) is 1.31. The fourth-order valence-corrected chi connectivity index (χ4v) is 1.31. The van der Waals surface area contributed by atoms with Crippen LogP contribution in [0.25, 0.3) is 0 Å². The first-order valence-corrected chi connectivity index (χ1v) is 6.01. The van der Waals surface area contributed by atoms with E-state index in [0.29, 0.717) is 19.8 Å². The van der Waals surface area contributed by atoms with E-state index in [9.17, 15) is 26.3 Å². The molecule has 0 aromatic rings. The van der Waals surface area contributed by atoms with Gasteiger partial charge in [0, 0.05) is 6.42 Å². The summed E-state index contributed by atoms with van der Waals surface area (Å²) < 4.78 is 81.1. The van der Waals surface area contributed by atoms with Crippen molar-refractivity contribution < 1.29 is 36.2 Å². The van der Waals surface area contributed by atoms with Gasteiger partial charge in [-0.2, -0.15) is 26.3 Å². The van der Waals surface area contributed by atoms with Crippen molar-refractivity contribution in [3.05, 3.63) is 0 Å². The predicted octanol–water partition coefficient (Wildman–Crippen LogP) is 4.18. The molecule has 0 fully saturated rings. The van der Waals surface area contributed by atoms with Crippen LogP contribution in [0.1, 0.15) is 46.0 Å². The molecule has 1 N–H and O–H groups in total. The van der Waals surface area contributed by atoms with Crippen LogP contribution in [-0.2, 0) is 4.74 Å². The molecule has 0 aromatic carbocycles. The Hall–Kier alpha value is -0.500. The molecule has 0 radical (unpaired) electrons. The minimum absolute atomic E-state index is 0.267. The summed E-state index contributed by atoms with van der Waals surface area (Å²) in [5, 5.41) is 9.03. The normalized spacial score (nSPS) is 15.6. The maximum Gasteiger partial charge on any atom is 0.427 e. The van der Waals surface area contributed by atoms with Gasteiger partial charge in [0.15, 0.2) is 6.29 Å². The highest BCUT2D eigenvalue weighted by Gasteiger charge is 2.72. The first-order chi connectivity index (χ1) is 8.52. The second kappa shape index (κ2) is 6.78. The van der Waals surface area contributed by atoms with E-state index < -0.39 is 30.7 Å². The van der Waals surface area contributed by atoms with Gasteiger partial charge in [0.25, 0.3) is 0 Å². The van der Waals surface area contributed by atoms with Gasteiger partial charge < -0.3 is 5.11 Å². The van der Waals surface area contributed by atoms with E-state index >= 15 is 0 Å². The molecule has 1 unspecified atom stereocenters. The lowest BCUT2D eigenvalue weighted by atomic mass is 10.1. The van der Waals surface area contributed by atoms with Gasteiger partial charge in [-0.1, -0.05) is 26.7 Å². The lowest BCUT2D eigenvalue weighted by molar-refractivity contribution is -0.424. The summed E-state index contributed by atoms with van der Waals surface area (Å²) in [5.74, 6) is -10.6. The molecule has 0 saturated carbocycles. The van der Waals surface area contributed by atoms with Crippen LogP contribution in [0.4, 0.5) is 26.3 Å². The van der Waals surface area contributed by atoms with E-state index in [4.69, 9.17) is 5.11 Å². The standard InChI is InChI=1S/C11H18F6O2/c1-3-5-6-7-8(18)19-11(16,17)10(14,15)9(12,13)4-2/h8,18H,3-7H2,1-2H3. The Morgan fingerprint density at radius 2 is 1.53 bits per heavy atom. The third-order valence-electron chi connectivity index (χ3n) is 2.61. The van der Waals surface area contributed by atoms with Crippen molar-refractivity contribution in [2.75, 3.05) is 0 Å². The van der Waals surface area contributed by atoms with Gasteiger partial charge in [0.05, 0.1) is 0 Å². The van der Waals surface area contributed by atoms with E-state index in [0.717, 1.165) is 0 Å². The second-order valence-corrected chi connectivity index (χ2v) is 4.22. The number of rotatable bonds is 9. The molecule has 0 spiro atoms. The number of hydrogen-bond donors (Lipinski definition) is 1. The third-order valence-corrected chi connectivity index (χ3v) is 2.61. The molecule has 0 bridgehead atoms. The zero-order chi connectivity index (χ0) is 15.3. The lowest BCUT2D eigenvalue weighted by Gasteiger charge is -2.32. The van der Waals surface area contributed by atoms with Crippen LogP contribution in [0, 0.1) is 0 Å². The van der Waals surface area contributed by atoms with Crippen molar-refractivity contribution >= 4 is 0 Å². The Bertz CT molecular complexity index is 270. The molecule has 116 valence electrons. The van der Waals surface area contributed by atoms with Crippen molar-refractivity contribution in [1.82, 2.24) is 0 Å². The maximum absolute atomic E-state index is 13.0. The molecule has 0 amide bonds. The largest absolute Gasteiger partial charge is 0.427 e. The second-order valence-electron chi connectivity index (χ2n) is 4.22. The molecule has 0 saturated heterocycles. The topological polar surface area (TPSA) is 29.5 Å². The summed E-state index contributed by atoms with van der Waals surface area (Å²) in [4.78, 5) is 0. The fraction of sp³-hybridized carbons (Fsp3) is 1.00. The van der Waals surface area contributed by atoms with Crippen LogP contribution >= 0.6 is 0 Å². The molecule has 1 atom stereocenters. The van der Waals surface area contributed by atoms with Crippen molar-refractivity contribution in [3.63, 3.8) is 0 Å². The molecule has 0 aliphatic rings. The zero-order valence-electron chi connectivity index (χ0n) is 10.7. The lowest BCUT2D eigenvalue weighted by Crippen LogP contribution is -2.56. The van der Waals surface area contributed by atoms with E-state index in [1.807, 2.05) is 0 Å². The quantitative estimate of drug-likeness (QED) is 0.393. The Morgan fingerprint density at radius 3 is 1.95 bits per heavy atom. The van der Waals surface area contributed by atoms with Crippen LogP contribution < -0.4 is 0 Å². The minimum Gasteiger partial charge on any atom is -0.368 e. The number of alkyl halides is 6. The third kappa shape index (κ3) is 4.52. The Morgan fingerprint density at radius 1 is 1.00 bits per heavy atom. The number of halogens is 6. The molecule has 0 aromatic heterocycles. The smallest absolute Gasteiger partial charge is 0.368 e. The average Bonchev–Trinajstić information content (AvgIpc) is 2.28. The van der Waals surface area contributed by atoms with Crippen LogP contribution in [0.2, 0.25) is 0 Å². The first kappa shape index (κ1) is 18.5. The summed E-state index contributed by atoms with van der Waals surface area (Å²) in [7, 11) is 0. The van der Waals surface area contributed by atoms with Crippen LogP contribution in [0.5, 0.6) is 0 Å². The van der Waals surface area contributed by atoms with Crippen molar-refractivity contribution in [2.24, 2.45) is 0 Å². The highest BCUT2D eigenvalue weighted by Crippen LogP contribution is 2.48. The number of ether oxygens (including phenoxy) is 1. The van der Waals surface area contributed by atoms with E-state index in [1.54, 1.807) is 6.92 Å². The number of unbranched alkanes of at least 4 members (excludes halogenated alkanes) is 2. The molecular weight excluding hydrogens is 278 g/mol. The van der Waals surface area contributed by atoms with E-state index in [-0.39, 0.29) is 12.8 Å². The Balaban J connectivity index is 4.68. The van der Waals surface area contributed by atoms with Gasteiger partial charge in [-0.25, -0.2) is 0 Å². The van der Waals surface area contributed by atoms with Gasteiger partial charge in [0.2, 0.25) is 0 Å². The van der Waals surface area contributed by atoms with Crippen LogP contribution in [0.15, 0.2) is 0 Å². The van der Waals surface area contributed by atoms with Gasteiger partial charge in [-0.3, -0.25) is 4.74 Å². The summed E-state index contributed by atoms with van der Waals surface area (Å²) in [6.45, 7) is 2.46. The summed E-state index contributed by atoms with van der Waals surface area (Å²) >= 11 is 0. The SMILES string of the molecule is CCCCCC(O)OC(F)(F)C(F)(F)C(F)(F)CC. The van der Waals surface area contributed by atoms with E-state index in [1.165, 1.54) is 0 Å². The molecule has 0 rings (SSSR count). The molecule has 0 aliphatic heterocycles. The molecule has 19 heavy (non-hydrogen) atoms. The number of hydrogen-bond acceptors (Lipinski definition) is 2. The zero-order valence-corrected chi connectivity index (χ0v) is 10.7. The molecule has 0 aliphatic carbocycles. The predicted molar refractivity (Wildman–Crippen MR) is 56.4 cm³/mol. The summed E-state index contributed by atoms with van der Waals surface area (Å²) in [5.41, 5.74) is 0. The van der Waals surface area contributed by atoms with Gasteiger partial charge in [0.1, 0.15) is 0 Å².